The Hall–Kier alpha value is -1.25. The van der Waals surface area contributed by atoms with Gasteiger partial charge in [-0.1, -0.05) is 54.6 Å². The van der Waals surface area contributed by atoms with E-state index in [1.807, 2.05) is 11.8 Å². The first-order valence-corrected chi connectivity index (χ1v) is 8.62. The Morgan fingerprint density at radius 3 is 2.60 bits per heavy atom. The third-order valence-electron chi connectivity index (χ3n) is 4.08. The largest absolute Gasteiger partial charge is 0.297 e. The monoisotopic (exact) mass is 283 g/mol. The van der Waals surface area contributed by atoms with Gasteiger partial charge in [0, 0.05) is 31.3 Å². The fourth-order valence-electron chi connectivity index (χ4n) is 3.04. The lowest BCUT2D eigenvalue weighted by atomic mass is 9.85. The summed E-state index contributed by atoms with van der Waals surface area (Å²) in [6, 6.07) is 19.9. The fourth-order valence-corrected chi connectivity index (χ4v) is 3.48. The molecule has 0 aliphatic carbocycles. The van der Waals surface area contributed by atoms with Crippen molar-refractivity contribution in [3.8, 4) is 0 Å². The molecule has 1 unspecified atom stereocenters. The van der Waals surface area contributed by atoms with Gasteiger partial charge in [-0.05, 0) is 22.9 Å². The van der Waals surface area contributed by atoms with Crippen molar-refractivity contribution in [2.75, 3.05) is 25.1 Å². The predicted molar refractivity (Wildman–Crippen MR) is 88.4 cm³/mol. The van der Waals surface area contributed by atoms with Crippen LogP contribution >= 0.6 is 11.8 Å². The fraction of sp³-hybridized carbons (Fsp3) is 0.333. The maximum Gasteiger partial charge on any atom is 0.0237 e. The zero-order chi connectivity index (χ0) is 13.8. The van der Waals surface area contributed by atoms with E-state index in [1.54, 1.807) is 0 Å². The number of rotatable bonds is 4. The van der Waals surface area contributed by atoms with Crippen LogP contribution in [0.3, 0.4) is 0 Å². The Kier molecular flexibility index (Phi) is 4.44. The first kappa shape index (κ1) is 13.7. The molecule has 0 aromatic heterocycles. The maximum absolute atomic E-state index is 2.59. The van der Waals surface area contributed by atoms with Crippen LogP contribution in [-0.2, 0) is 6.54 Å². The molecule has 0 saturated heterocycles. The molecule has 0 N–H and O–H groups in total. The van der Waals surface area contributed by atoms with Gasteiger partial charge < -0.3 is 0 Å². The minimum Gasteiger partial charge on any atom is -0.297 e. The lowest BCUT2D eigenvalue weighted by Gasteiger charge is -2.35. The molecule has 2 aromatic carbocycles. The zero-order valence-electron chi connectivity index (χ0n) is 12.0. The summed E-state index contributed by atoms with van der Waals surface area (Å²) in [5.41, 5.74) is 4.45. The van der Waals surface area contributed by atoms with Gasteiger partial charge in [-0.15, -0.1) is 0 Å². The van der Waals surface area contributed by atoms with Crippen LogP contribution in [0.2, 0.25) is 0 Å². The van der Waals surface area contributed by atoms with Crippen molar-refractivity contribution < 1.29 is 0 Å². The van der Waals surface area contributed by atoms with E-state index < -0.39 is 0 Å². The van der Waals surface area contributed by atoms with E-state index in [0.29, 0.717) is 5.92 Å². The number of hydrogen-bond acceptors (Lipinski definition) is 2. The van der Waals surface area contributed by atoms with Gasteiger partial charge in [-0.3, -0.25) is 4.90 Å². The Balaban J connectivity index is 1.91. The summed E-state index contributed by atoms with van der Waals surface area (Å²) >= 11 is 1.93. The Bertz CT molecular complexity index is 552. The Labute approximate surface area is 126 Å². The van der Waals surface area contributed by atoms with Crippen molar-refractivity contribution in [2.24, 2.45) is 0 Å². The van der Waals surface area contributed by atoms with Crippen molar-refractivity contribution in [2.45, 2.75) is 12.5 Å². The van der Waals surface area contributed by atoms with E-state index in [4.69, 9.17) is 0 Å². The summed E-state index contributed by atoms with van der Waals surface area (Å²) < 4.78 is 0. The molecule has 3 rings (SSSR count). The molecular formula is C18H21NS. The number of benzene rings is 2. The van der Waals surface area contributed by atoms with E-state index in [-0.39, 0.29) is 0 Å². The highest BCUT2D eigenvalue weighted by Crippen LogP contribution is 2.33. The molecule has 20 heavy (non-hydrogen) atoms. The molecule has 104 valence electrons. The number of hydrogen-bond donors (Lipinski definition) is 0. The summed E-state index contributed by atoms with van der Waals surface area (Å²) in [5.74, 6) is 1.73. The van der Waals surface area contributed by atoms with Crippen LogP contribution in [0.4, 0.5) is 0 Å². The highest BCUT2D eigenvalue weighted by Gasteiger charge is 2.25. The lowest BCUT2D eigenvalue weighted by molar-refractivity contribution is 0.255. The summed E-state index contributed by atoms with van der Waals surface area (Å²) in [5, 5.41) is 0. The molecule has 0 spiro atoms. The molecule has 0 bridgehead atoms. The standard InChI is InChI=1S/C18H21NS/c1-20-12-11-19-13-16-9-5-6-10-17(16)18(14-19)15-7-3-2-4-8-15/h2-10,18H,11-14H2,1H3. The third kappa shape index (κ3) is 2.92. The summed E-state index contributed by atoms with van der Waals surface area (Å²) in [6.45, 7) is 3.42. The molecular weight excluding hydrogens is 262 g/mol. The first-order valence-electron chi connectivity index (χ1n) is 7.22. The molecule has 1 nitrogen and oxygen atoms in total. The van der Waals surface area contributed by atoms with Gasteiger partial charge in [0.05, 0.1) is 0 Å². The minimum absolute atomic E-state index is 0.517. The van der Waals surface area contributed by atoms with E-state index in [2.05, 4.69) is 65.8 Å². The molecule has 2 aromatic rings. The summed E-state index contributed by atoms with van der Waals surface area (Å²) in [4.78, 5) is 2.59. The van der Waals surface area contributed by atoms with Crippen molar-refractivity contribution in [1.29, 1.82) is 0 Å². The van der Waals surface area contributed by atoms with E-state index in [1.165, 1.54) is 29.0 Å². The number of fused-ring (bicyclic) bond motifs is 1. The molecule has 0 radical (unpaired) electrons. The normalized spacial score (nSPS) is 18.8. The van der Waals surface area contributed by atoms with Crippen LogP contribution in [0.1, 0.15) is 22.6 Å². The molecule has 0 amide bonds. The molecule has 2 heteroatoms. The topological polar surface area (TPSA) is 3.24 Å². The average Bonchev–Trinajstić information content (AvgIpc) is 2.53. The van der Waals surface area contributed by atoms with E-state index >= 15 is 0 Å². The average molecular weight is 283 g/mol. The molecule has 1 aliphatic rings. The third-order valence-corrected chi connectivity index (χ3v) is 4.67. The van der Waals surface area contributed by atoms with Gasteiger partial charge >= 0.3 is 0 Å². The van der Waals surface area contributed by atoms with E-state index in [9.17, 15) is 0 Å². The van der Waals surface area contributed by atoms with Crippen LogP contribution in [0.5, 0.6) is 0 Å². The van der Waals surface area contributed by atoms with Crippen molar-refractivity contribution in [3.63, 3.8) is 0 Å². The number of thioether (sulfide) groups is 1. The van der Waals surface area contributed by atoms with Crippen molar-refractivity contribution in [3.05, 3.63) is 71.3 Å². The minimum atomic E-state index is 0.517. The molecule has 1 atom stereocenters. The van der Waals surface area contributed by atoms with Crippen LogP contribution in [0.25, 0.3) is 0 Å². The number of nitrogens with zero attached hydrogens (tertiary/aromatic N) is 1. The second kappa shape index (κ2) is 6.47. The van der Waals surface area contributed by atoms with Crippen LogP contribution < -0.4 is 0 Å². The van der Waals surface area contributed by atoms with Gasteiger partial charge in [-0.2, -0.15) is 11.8 Å². The van der Waals surface area contributed by atoms with Crippen molar-refractivity contribution >= 4 is 11.8 Å². The predicted octanol–water partition coefficient (Wildman–Crippen LogP) is 4.00. The zero-order valence-corrected chi connectivity index (χ0v) is 12.8. The first-order chi connectivity index (χ1) is 9.88. The van der Waals surface area contributed by atoms with Gasteiger partial charge in [-0.25, -0.2) is 0 Å². The SMILES string of the molecule is CSCCN1Cc2ccccc2C(c2ccccc2)C1. The quantitative estimate of drug-likeness (QED) is 0.834. The molecule has 1 aliphatic heterocycles. The highest BCUT2D eigenvalue weighted by atomic mass is 32.2. The van der Waals surface area contributed by atoms with Crippen molar-refractivity contribution in [1.82, 2.24) is 4.90 Å². The maximum atomic E-state index is 2.59. The van der Waals surface area contributed by atoms with Crippen LogP contribution in [0.15, 0.2) is 54.6 Å². The molecule has 0 fully saturated rings. The Morgan fingerprint density at radius 2 is 1.80 bits per heavy atom. The van der Waals surface area contributed by atoms with Crippen LogP contribution in [-0.4, -0.2) is 30.0 Å². The summed E-state index contributed by atoms with van der Waals surface area (Å²) in [6.07, 6.45) is 2.19. The van der Waals surface area contributed by atoms with E-state index in [0.717, 1.165) is 13.1 Å². The van der Waals surface area contributed by atoms with Gasteiger partial charge in [0.25, 0.3) is 0 Å². The lowest BCUT2D eigenvalue weighted by Crippen LogP contribution is -2.35. The van der Waals surface area contributed by atoms with Crippen LogP contribution in [0, 0.1) is 0 Å². The van der Waals surface area contributed by atoms with Gasteiger partial charge in [0.15, 0.2) is 0 Å². The smallest absolute Gasteiger partial charge is 0.0237 e. The summed E-state index contributed by atoms with van der Waals surface area (Å²) in [7, 11) is 0. The Morgan fingerprint density at radius 1 is 1.05 bits per heavy atom. The van der Waals surface area contributed by atoms with Gasteiger partial charge in [0.1, 0.15) is 0 Å². The molecule has 0 saturated carbocycles. The molecule has 1 heterocycles. The van der Waals surface area contributed by atoms with Gasteiger partial charge in [0.2, 0.25) is 0 Å². The highest BCUT2D eigenvalue weighted by molar-refractivity contribution is 7.98. The second-order valence-corrected chi connectivity index (χ2v) is 6.38. The second-order valence-electron chi connectivity index (χ2n) is 5.39.